The molecule has 1 aromatic rings. The average molecular weight is 265 g/mol. The first-order valence-electron chi connectivity index (χ1n) is 6.85. The summed E-state index contributed by atoms with van der Waals surface area (Å²) < 4.78 is 13.4. The van der Waals surface area contributed by atoms with Crippen molar-refractivity contribution in [3.63, 3.8) is 0 Å². The molecule has 0 amide bonds. The molecule has 1 aliphatic rings. The van der Waals surface area contributed by atoms with Crippen molar-refractivity contribution >= 4 is 0 Å². The smallest absolute Gasteiger partial charge is 0.123 e. The first-order chi connectivity index (χ1) is 8.94. The van der Waals surface area contributed by atoms with E-state index in [0.29, 0.717) is 6.54 Å². The van der Waals surface area contributed by atoms with E-state index in [1.54, 1.807) is 12.1 Å². The Morgan fingerprint density at radius 1 is 1.37 bits per heavy atom. The Hall–Kier alpha value is -0.970. The quantitative estimate of drug-likeness (QED) is 0.905. The van der Waals surface area contributed by atoms with E-state index in [1.807, 2.05) is 6.07 Å². The van der Waals surface area contributed by atoms with Gasteiger partial charge in [0, 0.05) is 37.8 Å². The first-order valence-corrected chi connectivity index (χ1v) is 6.85. The molecule has 0 saturated carbocycles. The third-order valence-electron chi connectivity index (χ3n) is 4.24. The van der Waals surface area contributed by atoms with Crippen LogP contribution >= 0.6 is 0 Å². The maximum atomic E-state index is 13.4. The first kappa shape index (κ1) is 14.4. The number of rotatable bonds is 3. The molecule has 19 heavy (non-hydrogen) atoms. The van der Waals surface area contributed by atoms with Gasteiger partial charge in [-0.25, -0.2) is 4.39 Å². The summed E-state index contributed by atoms with van der Waals surface area (Å²) in [6, 6.07) is 6.90. The van der Waals surface area contributed by atoms with Gasteiger partial charge in [0.25, 0.3) is 0 Å². The van der Waals surface area contributed by atoms with Crippen LogP contribution in [0.3, 0.4) is 0 Å². The molecule has 2 N–H and O–H groups in total. The van der Waals surface area contributed by atoms with Crippen molar-refractivity contribution in [1.82, 2.24) is 9.80 Å². The molecule has 1 fully saturated rings. The molecule has 1 atom stereocenters. The van der Waals surface area contributed by atoms with E-state index in [2.05, 4.69) is 30.7 Å². The van der Waals surface area contributed by atoms with Gasteiger partial charge in [-0.1, -0.05) is 12.1 Å². The van der Waals surface area contributed by atoms with E-state index in [1.165, 1.54) is 6.07 Å². The van der Waals surface area contributed by atoms with Gasteiger partial charge < -0.3 is 5.73 Å². The van der Waals surface area contributed by atoms with Gasteiger partial charge in [0.05, 0.1) is 0 Å². The van der Waals surface area contributed by atoms with E-state index in [-0.39, 0.29) is 17.4 Å². The molecule has 1 aromatic carbocycles. The summed E-state index contributed by atoms with van der Waals surface area (Å²) in [6.07, 6.45) is 0. The van der Waals surface area contributed by atoms with Crippen LogP contribution in [0.25, 0.3) is 0 Å². The summed E-state index contributed by atoms with van der Waals surface area (Å²) >= 11 is 0. The van der Waals surface area contributed by atoms with Crippen molar-refractivity contribution in [1.29, 1.82) is 0 Å². The molecular formula is C15H24FN3. The highest BCUT2D eigenvalue weighted by Gasteiger charge is 2.34. The largest absolute Gasteiger partial charge is 0.329 e. The molecule has 0 aliphatic carbocycles. The van der Waals surface area contributed by atoms with Gasteiger partial charge in [-0.15, -0.1) is 0 Å². The summed E-state index contributed by atoms with van der Waals surface area (Å²) in [5.41, 5.74) is 7.03. The highest BCUT2D eigenvalue weighted by Crippen LogP contribution is 2.27. The van der Waals surface area contributed by atoms with Gasteiger partial charge in [-0.3, -0.25) is 9.80 Å². The number of likely N-dealkylation sites (N-methyl/N-ethyl adjacent to an activating group) is 1. The van der Waals surface area contributed by atoms with Crippen molar-refractivity contribution < 1.29 is 4.39 Å². The lowest BCUT2D eigenvalue weighted by molar-refractivity contribution is 0.0180. The summed E-state index contributed by atoms with van der Waals surface area (Å²) in [7, 11) is 2.15. The van der Waals surface area contributed by atoms with E-state index in [0.717, 1.165) is 25.2 Å². The van der Waals surface area contributed by atoms with Crippen molar-refractivity contribution in [3.8, 4) is 0 Å². The zero-order valence-electron chi connectivity index (χ0n) is 12.1. The molecule has 3 nitrogen and oxygen atoms in total. The fourth-order valence-electron chi connectivity index (χ4n) is 2.75. The second-order valence-corrected chi connectivity index (χ2v) is 6.01. The van der Waals surface area contributed by atoms with Crippen LogP contribution in [0.1, 0.15) is 25.5 Å². The van der Waals surface area contributed by atoms with E-state index < -0.39 is 0 Å². The monoisotopic (exact) mass is 265 g/mol. The topological polar surface area (TPSA) is 32.5 Å². The Balaban J connectivity index is 2.19. The number of hydrogen-bond acceptors (Lipinski definition) is 3. The number of hydrogen-bond donors (Lipinski definition) is 1. The van der Waals surface area contributed by atoms with Crippen LogP contribution in [0.15, 0.2) is 24.3 Å². The van der Waals surface area contributed by atoms with Gasteiger partial charge in [0.2, 0.25) is 0 Å². The van der Waals surface area contributed by atoms with Crippen LogP contribution in [0.2, 0.25) is 0 Å². The second kappa shape index (κ2) is 5.57. The van der Waals surface area contributed by atoms with Gasteiger partial charge in [0.1, 0.15) is 5.82 Å². The van der Waals surface area contributed by atoms with Gasteiger partial charge >= 0.3 is 0 Å². The Bertz CT molecular complexity index is 433. The minimum atomic E-state index is -0.190. The van der Waals surface area contributed by atoms with Crippen molar-refractivity contribution in [2.75, 3.05) is 33.2 Å². The molecule has 106 valence electrons. The lowest BCUT2D eigenvalue weighted by Crippen LogP contribution is -2.58. The molecule has 1 saturated heterocycles. The molecular weight excluding hydrogens is 241 g/mol. The third-order valence-corrected chi connectivity index (χ3v) is 4.24. The minimum absolute atomic E-state index is 0.101. The van der Waals surface area contributed by atoms with E-state index >= 15 is 0 Å². The molecule has 0 spiro atoms. The summed E-state index contributed by atoms with van der Waals surface area (Å²) in [5, 5.41) is 0. The normalized spacial score (nSPS) is 22.4. The van der Waals surface area contributed by atoms with Crippen LogP contribution in [0.4, 0.5) is 4.39 Å². The predicted molar refractivity (Wildman–Crippen MR) is 76.5 cm³/mol. The fraction of sp³-hybridized carbons (Fsp3) is 0.600. The zero-order chi connectivity index (χ0) is 14.0. The van der Waals surface area contributed by atoms with Crippen LogP contribution in [0.5, 0.6) is 0 Å². The lowest BCUT2D eigenvalue weighted by atomic mass is 9.96. The van der Waals surface area contributed by atoms with Crippen LogP contribution < -0.4 is 5.73 Å². The Morgan fingerprint density at radius 3 is 2.68 bits per heavy atom. The molecule has 0 aromatic heterocycles. The van der Waals surface area contributed by atoms with E-state index in [4.69, 9.17) is 5.73 Å². The number of nitrogens with zero attached hydrogens (tertiary/aromatic N) is 2. The van der Waals surface area contributed by atoms with Crippen LogP contribution in [0, 0.1) is 5.82 Å². The highest BCUT2D eigenvalue weighted by atomic mass is 19.1. The second-order valence-electron chi connectivity index (χ2n) is 6.01. The summed E-state index contributed by atoms with van der Waals surface area (Å²) in [6.45, 7) is 7.92. The van der Waals surface area contributed by atoms with Crippen molar-refractivity contribution in [3.05, 3.63) is 35.6 Å². The highest BCUT2D eigenvalue weighted by molar-refractivity contribution is 5.21. The third kappa shape index (κ3) is 3.14. The minimum Gasteiger partial charge on any atom is -0.329 e. The van der Waals surface area contributed by atoms with Gasteiger partial charge in [0.15, 0.2) is 0 Å². The Labute approximate surface area is 115 Å². The average Bonchev–Trinajstić information content (AvgIpc) is 2.34. The predicted octanol–water partition coefficient (Wildman–Crippen LogP) is 1.85. The summed E-state index contributed by atoms with van der Waals surface area (Å²) in [5.74, 6) is -0.190. The maximum Gasteiger partial charge on any atom is 0.123 e. The fourth-order valence-corrected chi connectivity index (χ4v) is 2.75. The van der Waals surface area contributed by atoms with Crippen molar-refractivity contribution in [2.24, 2.45) is 5.73 Å². The molecule has 1 unspecified atom stereocenters. The molecule has 0 radical (unpaired) electrons. The molecule has 2 rings (SSSR count). The lowest BCUT2D eigenvalue weighted by Gasteiger charge is -2.48. The number of halogens is 1. The standard InChI is InChI=1S/C15H24FN3/c1-15(2)11-19(8-7-18(15)3)14(10-17)12-5-4-6-13(16)9-12/h4-6,9,14H,7-8,10-11,17H2,1-3H3. The Kier molecular flexibility index (Phi) is 4.23. The number of benzene rings is 1. The van der Waals surface area contributed by atoms with Gasteiger partial charge in [-0.2, -0.15) is 0 Å². The van der Waals surface area contributed by atoms with Gasteiger partial charge in [-0.05, 0) is 38.6 Å². The van der Waals surface area contributed by atoms with Crippen LogP contribution in [-0.2, 0) is 0 Å². The summed E-state index contributed by atoms with van der Waals surface area (Å²) in [4.78, 5) is 4.73. The molecule has 4 heteroatoms. The van der Waals surface area contributed by atoms with Crippen LogP contribution in [-0.4, -0.2) is 48.6 Å². The molecule has 1 heterocycles. The number of nitrogens with two attached hydrogens (primary N) is 1. The zero-order valence-corrected chi connectivity index (χ0v) is 12.1. The van der Waals surface area contributed by atoms with E-state index in [9.17, 15) is 4.39 Å². The number of piperazine rings is 1. The Morgan fingerprint density at radius 2 is 2.11 bits per heavy atom. The molecule has 1 aliphatic heterocycles. The maximum absolute atomic E-state index is 13.4. The van der Waals surface area contributed by atoms with Crippen molar-refractivity contribution in [2.45, 2.75) is 25.4 Å². The molecule has 0 bridgehead atoms. The SMILES string of the molecule is CN1CCN(C(CN)c2cccc(F)c2)CC1(C)C.